The number of carbonyl (C=O) groups is 2. The van der Waals surface area contributed by atoms with E-state index in [4.69, 9.17) is 47.0 Å². The van der Waals surface area contributed by atoms with Crippen LogP contribution in [-0.2, 0) is 69.7 Å². The summed E-state index contributed by atoms with van der Waals surface area (Å²) < 4.78 is 63.0. The third-order valence-electron chi connectivity index (χ3n) is 14.4. The molecule has 8 aliphatic rings. The second kappa shape index (κ2) is 16.2. The molecule has 57 heavy (non-hydrogen) atoms. The van der Waals surface area contributed by atoms with E-state index < -0.39 is 114 Å². The monoisotopic (exact) mass is 901 g/mol. The van der Waals surface area contributed by atoms with Crippen LogP contribution in [0, 0.1) is 22.7 Å². The van der Waals surface area contributed by atoms with Gasteiger partial charge in [-0.05, 0) is 52.4 Å². The van der Waals surface area contributed by atoms with Crippen LogP contribution >= 0.6 is 0 Å². The predicted octanol–water partition coefficient (Wildman–Crippen LogP) is 2.99. The molecule has 0 aromatic carbocycles. The summed E-state index contributed by atoms with van der Waals surface area (Å²) in [6, 6.07) is 0. The van der Waals surface area contributed by atoms with Gasteiger partial charge in [0.05, 0.1) is 48.8 Å². The maximum atomic E-state index is 14.7. The molecule has 15 nitrogen and oxygen atoms in total. The van der Waals surface area contributed by atoms with E-state index in [1.54, 1.807) is 0 Å². The van der Waals surface area contributed by atoms with E-state index in [9.17, 15) is 19.8 Å². The fourth-order valence-corrected chi connectivity index (χ4v) is 10.2. The maximum absolute atomic E-state index is 14.7. The van der Waals surface area contributed by atoms with Gasteiger partial charge in [0.25, 0.3) is 12.2 Å². The van der Waals surface area contributed by atoms with Gasteiger partial charge >= 0.3 is 18.9 Å². The number of aliphatic hydroxyl groups excluding tert-OH is 2. The molecule has 0 amide bonds. The number of hydrogen-bond acceptors (Lipinski definition) is 13. The topological polar surface area (TPSA) is 204 Å². The molecule has 6 fully saturated rings. The molecular formula is C40H63AgBO15. The summed E-state index contributed by atoms with van der Waals surface area (Å²) in [7, 11) is 0. The summed E-state index contributed by atoms with van der Waals surface area (Å²) in [6.45, 7) is 12.3. The van der Waals surface area contributed by atoms with Crippen molar-refractivity contribution in [1.82, 2.24) is 0 Å². The molecule has 8 rings (SSSR count). The van der Waals surface area contributed by atoms with E-state index in [0.29, 0.717) is 51.4 Å². The van der Waals surface area contributed by atoms with Gasteiger partial charge in [-0.15, -0.1) is 0 Å². The molecule has 16 unspecified atom stereocenters. The fraction of sp³-hybridized carbons (Fsp3) is 0.850. The second-order valence-corrected chi connectivity index (χ2v) is 18.8. The van der Waals surface area contributed by atoms with Gasteiger partial charge in [0.1, 0.15) is 12.2 Å². The number of esters is 2. The Morgan fingerprint density at radius 2 is 1.05 bits per heavy atom. The SMILES string of the molecule is CC1OC2C=CCC(O)C(C)(C)C3CCC(C)C4(O3)O[B-]35OC6(OC(CCC6C)C(C)(C)C(O)CC=CC6CC(OC(=O)C4[OH+]3)C(C)O6)C([OH+]5)C(=O)OC1C2.[Ag].[OH-]. The van der Waals surface area contributed by atoms with Crippen molar-refractivity contribution in [3.05, 3.63) is 24.3 Å². The van der Waals surface area contributed by atoms with Crippen molar-refractivity contribution >= 4 is 18.9 Å². The quantitative estimate of drug-likeness (QED) is 0.156. The molecule has 16 atom stereocenters. The molecule has 0 saturated carbocycles. The molecule has 11 bridgehead atoms. The van der Waals surface area contributed by atoms with E-state index in [-0.39, 0.29) is 40.1 Å². The van der Waals surface area contributed by atoms with Gasteiger partial charge in [0, 0.05) is 57.9 Å². The first-order chi connectivity index (χ1) is 25.9. The van der Waals surface area contributed by atoms with Crippen LogP contribution in [0.1, 0.15) is 107 Å². The molecule has 0 aromatic heterocycles. The number of aliphatic hydroxyl groups is 4. The zero-order valence-electron chi connectivity index (χ0n) is 34.2. The van der Waals surface area contributed by atoms with Crippen LogP contribution in [-0.4, -0.2) is 129 Å². The van der Waals surface area contributed by atoms with E-state index in [1.807, 2.05) is 79.7 Å². The Morgan fingerprint density at radius 1 is 0.667 bits per heavy atom. The van der Waals surface area contributed by atoms with E-state index in [0.717, 1.165) is 0 Å². The zero-order chi connectivity index (χ0) is 39.3. The summed E-state index contributed by atoms with van der Waals surface area (Å²) in [5.74, 6) is -5.59. The normalized spacial score (nSPS) is 50.3. The van der Waals surface area contributed by atoms with Gasteiger partial charge in [-0.2, -0.15) is 0 Å². The van der Waals surface area contributed by atoms with Crippen LogP contribution in [0.3, 0.4) is 0 Å². The first-order valence-electron chi connectivity index (χ1n) is 20.6. The number of fused-ring (bicyclic) bond motifs is 8. The average molecular weight is 903 g/mol. The Kier molecular flexibility index (Phi) is 12.9. The van der Waals surface area contributed by atoms with Gasteiger partial charge in [0.15, 0.2) is 0 Å². The molecule has 3 spiro atoms. The predicted molar refractivity (Wildman–Crippen MR) is 199 cm³/mol. The van der Waals surface area contributed by atoms with Crippen LogP contribution in [0.15, 0.2) is 24.3 Å². The van der Waals surface area contributed by atoms with Crippen molar-refractivity contribution in [3.8, 4) is 0 Å². The van der Waals surface area contributed by atoms with Crippen molar-refractivity contribution in [2.75, 3.05) is 0 Å². The molecule has 8 heterocycles. The van der Waals surface area contributed by atoms with Crippen LogP contribution in [0.25, 0.3) is 0 Å². The Bertz CT molecular complexity index is 1450. The van der Waals surface area contributed by atoms with Crippen LogP contribution in [0.5, 0.6) is 0 Å². The Balaban J connectivity index is 0.00000275. The minimum atomic E-state index is -3.17. The Morgan fingerprint density at radius 3 is 1.44 bits per heavy atom. The molecular weight excluding hydrogens is 839 g/mol. The molecule has 327 valence electrons. The maximum Gasteiger partial charge on any atom is 0.910 e. The molecule has 1 radical (unpaired) electrons. The zero-order valence-corrected chi connectivity index (χ0v) is 35.7. The van der Waals surface area contributed by atoms with E-state index in [2.05, 4.69) is 0 Å². The van der Waals surface area contributed by atoms with Crippen molar-refractivity contribution < 1.29 is 94.7 Å². The van der Waals surface area contributed by atoms with Gasteiger partial charge in [0.2, 0.25) is 11.6 Å². The molecule has 6 saturated heterocycles. The smallest absolute Gasteiger partial charge is 0.870 e. The summed E-state index contributed by atoms with van der Waals surface area (Å²) in [6.07, 6.45) is 3.28. The number of rotatable bonds is 0. The first kappa shape index (κ1) is 45.3. The van der Waals surface area contributed by atoms with E-state index >= 15 is 0 Å². The van der Waals surface area contributed by atoms with Crippen LogP contribution in [0.2, 0.25) is 0 Å². The summed E-state index contributed by atoms with van der Waals surface area (Å²) in [4.78, 5) is 29.3. The van der Waals surface area contributed by atoms with Gasteiger partial charge in [-0.1, -0.05) is 65.8 Å². The standard InChI is InChI=1S/C40H62BO14.Ag.H2O/c1-21-15-17-31-37(5,6)29(42)13-9-11-26-20-28(24(4)47-26)49-36(45)34-40-22(2)16-18-32(51-40)38(7,8)30(43)14-10-12-25-19-27(23(3)46-25)48-35(44)33-39(21,50-31)54-41(52-33,53-34)55-40;;/h9-12,21-34,42-43,52-53H,13-20H2,1-8H3;;1H2/q+1;;/p-1. The molecule has 0 aliphatic carbocycles. The van der Waals surface area contributed by atoms with Crippen molar-refractivity contribution in [2.24, 2.45) is 22.7 Å². The Labute approximate surface area is 351 Å². The third-order valence-corrected chi connectivity index (χ3v) is 14.4. The largest absolute Gasteiger partial charge is 0.910 e. The average Bonchev–Trinajstić information content (AvgIpc) is 3.84. The van der Waals surface area contributed by atoms with Gasteiger partial charge in [-0.3, -0.25) is 0 Å². The van der Waals surface area contributed by atoms with E-state index in [1.165, 1.54) is 0 Å². The number of hydrogen-bond donors (Lipinski definition) is 2. The second-order valence-electron chi connectivity index (χ2n) is 18.8. The number of carbonyl (C=O) groups excluding carboxylic acids is 2. The number of ether oxygens (including phenoxy) is 6. The molecule has 5 N–H and O–H groups in total. The fourth-order valence-electron chi connectivity index (χ4n) is 10.2. The van der Waals surface area contributed by atoms with Crippen molar-refractivity contribution in [2.45, 2.75) is 192 Å². The minimum Gasteiger partial charge on any atom is -0.870 e. The van der Waals surface area contributed by atoms with Crippen LogP contribution < -0.4 is 0 Å². The Hall–Kier alpha value is -1.21. The molecule has 0 aromatic rings. The summed E-state index contributed by atoms with van der Waals surface area (Å²) in [5.41, 5.74) is -1.59. The summed E-state index contributed by atoms with van der Waals surface area (Å²) in [5, 5.41) is 23.4. The molecule has 17 heteroatoms. The van der Waals surface area contributed by atoms with Gasteiger partial charge < -0.3 is 62.7 Å². The minimum absolute atomic E-state index is 0. The van der Waals surface area contributed by atoms with Crippen molar-refractivity contribution in [3.63, 3.8) is 0 Å². The summed E-state index contributed by atoms with van der Waals surface area (Å²) >= 11 is 0. The molecule has 8 aliphatic heterocycles. The van der Waals surface area contributed by atoms with Crippen LogP contribution in [0.4, 0.5) is 0 Å². The van der Waals surface area contributed by atoms with Crippen molar-refractivity contribution in [1.29, 1.82) is 0 Å². The van der Waals surface area contributed by atoms with Gasteiger partial charge in [-0.25, -0.2) is 9.59 Å². The third kappa shape index (κ3) is 7.70. The first-order valence-corrected chi connectivity index (χ1v) is 20.6.